The minimum atomic E-state index is -1.10. The summed E-state index contributed by atoms with van der Waals surface area (Å²) < 4.78 is 0. The zero-order valence-corrected chi connectivity index (χ0v) is 21.5. The number of aliphatic carboxylic acids is 1. The first-order valence-electron chi connectivity index (χ1n) is 13.2. The summed E-state index contributed by atoms with van der Waals surface area (Å²) in [7, 11) is 0. The molecule has 0 saturated carbocycles. The number of thioether (sulfide) groups is 1. The van der Waals surface area contributed by atoms with Gasteiger partial charge in [0, 0.05) is 41.7 Å². The zero-order chi connectivity index (χ0) is 24.9. The minimum absolute atomic E-state index is 0.0675. The fourth-order valence-corrected chi connectivity index (χ4v) is 8.49. The number of aldehydes is 1. The highest BCUT2D eigenvalue weighted by Gasteiger charge is 2.60. The molecular formula is C25H38N4O5S. The van der Waals surface area contributed by atoms with Gasteiger partial charge >= 0.3 is 5.97 Å². The lowest BCUT2D eigenvalue weighted by Crippen LogP contribution is -2.63. The average Bonchev–Trinajstić information content (AvgIpc) is 3.37. The Morgan fingerprint density at radius 3 is 2.43 bits per heavy atom. The van der Waals surface area contributed by atoms with Crippen LogP contribution in [-0.2, 0) is 14.4 Å². The lowest BCUT2D eigenvalue weighted by molar-refractivity contribution is -0.163. The molecule has 35 heavy (non-hydrogen) atoms. The van der Waals surface area contributed by atoms with Gasteiger partial charge in [-0.3, -0.25) is 4.79 Å². The Morgan fingerprint density at radius 1 is 1.14 bits per heavy atom. The summed E-state index contributed by atoms with van der Waals surface area (Å²) in [4.78, 5) is 41.5. The van der Waals surface area contributed by atoms with Crippen molar-refractivity contribution in [2.75, 3.05) is 32.7 Å². The maximum atomic E-state index is 12.6. The number of piperidine rings is 2. The summed E-state index contributed by atoms with van der Waals surface area (Å²) >= 11 is 1.52. The van der Waals surface area contributed by atoms with Crippen molar-refractivity contribution in [3.05, 3.63) is 10.6 Å². The lowest BCUT2D eigenvalue weighted by atomic mass is 9.79. The van der Waals surface area contributed by atoms with Crippen molar-refractivity contribution < 1.29 is 24.6 Å². The van der Waals surface area contributed by atoms with Gasteiger partial charge in [0.1, 0.15) is 12.0 Å². The van der Waals surface area contributed by atoms with Gasteiger partial charge in [-0.15, -0.1) is 11.8 Å². The Morgan fingerprint density at radius 2 is 1.83 bits per heavy atom. The number of aliphatic hydroxyl groups is 1. The van der Waals surface area contributed by atoms with E-state index in [0.29, 0.717) is 23.9 Å². The van der Waals surface area contributed by atoms with Crippen LogP contribution in [0.5, 0.6) is 0 Å². The molecule has 1 amide bonds. The average molecular weight is 507 g/mol. The number of hydrazine groups is 1. The molecule has 6 atom stereocenters. The van der Waals surface area contributed by atoms with Crippen LogP contribution in [0.4, 0.5) is 0 Å². The van der Waals surface area contributed by atoms with E-state index in [2.05, 4.69) is 14.9 Å². The lowest BCUT2D eigenvalue weighted by Gasteiger charge is -2.46. The molecule has 9 nitrogen and oxygen atoms in total. The Hall–Kier alpha value is -1.46. The van der Waals surface area contributed by atoms with Crippen LogP contribution in [0.1, 0.15) is 52.4 Å². The van der Waals surface area contributed by atoms with Gasteiger partial charge in [-0.2, -0.15) is 0 Å². The van der Waals surface area contributed by atoms with Gasteiger partial charge in [0.05, 0.1) is 24.1 Å². The molecule has 0 unspecified atom stereocenters. The molecule has 5 heterocycles. The number of aliphatic hydroxyl groups excluding tert-OH is 1. The molecule has 4 saturated heterocycles. The molecule has 5 aliphatic heterocycles. The van der Waals surface area contributed by atoms with Gasteiger partial charge in [-0.25, -0.2) is 14.8 Å². The van der Waals surface area contributed by atoms with Crippen LogP contribution >= 0.6 is 11.8 Å². The van der Waals surface area contributed by atoms with E-state index < -0.39 is 18.0 Å². The summed E-state index contributed by atoms with van der Waals surface area (Å²) in [5, 5.41) is 24.6. The van der Waals surface area contributed by atoms with Crippen molar-refractivity contribution in [2.24, 2.45) is 11.8 Å². The maximum Gasteiger partial charge on any atom is 0.353 e. The molecule has 0 aliphatic carbocycles. The Balaban J connectivity index is 1.24. The molecule has 10 heteroatoms. The second-order valence-corrected chi connectivity index (χ2v) is 12.2. The van der Waals surface area contributed by atoms with E-state index in [1.165, 1.54) is 49.0 Å². The van der Waals surface area contributed by atoms with Gasteiger partial charge in [0.25, 0.3) is 0 Å². The first-order valence-corrected chi connectivity index (χ1v) is 14.1. The number of β-lactam (4-membered cyclic amide) rings is 1. The van der Waals surface area contributed by atoms with Crippen molar-refractivity contribution >= 4 is 29.9 Å². The minimum Gasteiger partial charge on any atom is -0.477 e. The van der Waals surface area contributed by atoms with Gasteiger partial charge in [-0.1, -0.05) is 13.3 Å². The molecule has 0 bridgehead atoms. The zero-order valence-electron chi connectivity index (χ0n) is 20.7. The maximum absolute atomic E-state index is 12.6. The van der Waals surface area contributed by atoms with Gasteiger partial charge < -0.3 is 24.8 Å². The summed E-state index contributed by atoms with van der Waals surface area (Å²) in [6.45, 7) is 8.55. The van der Waals surface area contributed by atoms with E-state index in [1.54, 1.807) is 6.92 Å². The van der Waals surface area contributed by atoms with E-state index in [-0.39, 0.29) is 34.9 Å². The molecule has 0 spiro atoms. The number of carboxylic acids is 1. The van der Waals surface area contributed by atoms with Crippen LogP contribution in [0.25, 0.3) is 0 Å². The predicted molar refractivity (Wildman–Crippen MR) is 132 cm³/mol. The van der Waals surface area contributed by atoms with Crippen LogP contribution in [0.2, 0.25) is 0 Å². The summed E-state index contributed by atoms with van der Waals surface area (Å²) in [6, 6.07) is 0.137. The van der Waals surface area contributed by atoms with Gasteiger partial charge in [-0.05, 0) is 52.1 Å². The van der Waals surface area contributed by atoms with Crippen LogP contribution in [-0.4, -0.2) is 110 Å². The van der Waals surface area contributed by atoms with E-state index >= 15 is 0 Å². The number of carbonyl (C=O) groups is 3. The smallest absolute Gasteiger partial charge is 0.353 e. The summed E-state index contributed by atoms with van der Waals surface area (Å²) in [5.41, 5.74) is 0.0675. The number of hydrogen-bond acceptors (Lipinski definition) is 8. The Kier molecular flexibility index (Phi) is 7.29. The number of rotatable bonds is 7. The SMILES string of the molecule is C[C@@H](O)[C@H]1C(=O)N2C(C(=O)O)=C(S[C@H]3C[C@@H](C=O)N(N4CCC(N5CCCCC5)CC4)C3)[C@H](C)[C@H]12. The van der Waals surface area contributed by atoms with Crippen molar-refractivity contribution in [1.29, 1.82) is 0 Å². The molecule has 0 aromatic carbocycles. The quantitative estimate of drug-likeness (QED) is 0.391. The van der Waals surface area contributed by atoms with E-state index in [0.717, 1.165) is 32.2 Å². The Bertz CT molecular complexity index is 883. The van der Waals surface area contributed by atoms with Crippen LogP contribution in [0.15, 0.2) is 10.6 Å². The molecule has 5 rings (SSSR count). The molecule has 0 aromatic heterocycles. The molecule has 4 fully saturated rings. The van der Waals surface area contributed by atoms with Crippen LogP contribution < -0.4 is 0 Å². The first-order chi connectivity index (χ1) is 16.8. The third kappa shape index (κ3) is 4.45. The van der Waals surface area contributed by atoms with E-state index in [4.69, 9.17) is 0 Å². The number of likely N-dealkylation sites (tertiary alicyclic amines) is 1. The molecule has 0 aromatic rings. The third-order valence-electron chi connectivity index (χ3n) is 8.75. The monoisotopic (exact) mass is 506 g/mol. The van der Waals surface area contributed by atoms with E-state index in [1.807, 2.05) is 6.92 Å². The van der Waals surface area contributed by atoms with Gasteiger partial charge in [0.15, 0.2) is 0 Å². The molecule has 2 N–H and O–H groups in total. The van der Waals surface area contributed by atoms with Crippen LogP contribution in [0.3, 0.4) is 0 Å². The second kappa shape index (κ2) is 10.1. The van der Waals surface area contributed by atoms with Crippen molar-refractivity contribution in [3.8, 4) is 0 Å². The predicted octanol–water partition coefficient (Wildman–Crippen LogP) is 1.38. The van der Waals surface area contributed by atoms with E-state index in [9.17, 15) is 24.6 Å². The van der Waals surface area contributed by atoms with Gasteiger partial charge in [0.2, 0.25) is 5.91 Å². The topological polar surface area (TPSA) is 105 Å². The highest BCUT2D eigenvalue weighted by Crippen LogP contribution is 2.52. The molecular weight excluding hydrogens is 468 g/mol. The first kappa shape index (κ1) is 25.2. The molecule has 194 valence electrons. The molecule has 5 aliphatic rings. The standard InChI is InChI=1S/C25H38N4O5S/c1-15-21-20(16(2)31)24(32)29(21)22(25(33)34)23(15)35-19-12-18(14-30)28(13-19)27-10-6-17(7-11-27)26-8-4-3-5-9-26/h14-21,31H,3-13H2,1-2H3,(H,33,34)/t15-,16-,18+,19+,20-,21-/m1/s1. The van der Waals surface area contributed by atoms with Crippen molar-refractivity contribution in [3.63, 3.8) is 0 Å². The number of carbonyl (C=O) groups excluding carboxylic acids is 2. The fraction of sp³-hybridized carbons (Fsp3) is 0.800. The molecule has 0 radical (unpaired) electrons. The summed E-state index contributed by atoms with van der Waals surface area (Å²) in [6.07, 6.45) is 7.06. The van der Waals surface area contributed by atoms with Crippen molar-refractivity contribution in [1.82, 2.24) is 19.8 Å². The van der Waals surface area contributed by atoms with Crippen molar-refractivity contribution in [2.45, 2.75) is 81.9 Å². The van der Waals surface area contributed by atoms with Crippen LogP contribution in [0, 0.1) is 11.8 Å². The fourth-order valence-electron chi connectivity index (χ4n) is 6.96. The number of carboxylic acid groups (broad SMARTS) is 1. The number of amides is 1. The number of fused-ring (bicyclic) bond motifs is 1. The second-order valence-electron chi connectivity index (χ2n) is 10.9. The largest absolute Gasteiger partial charge is 0.477 e. The highest BCUT2D eigenvalue weighted by atomic mass is 32.2. The number of hydrogen-bond donors (Lipinski definition) is 2. The Labute approximate surface area is 211 Å². The number of nitrogens with zero attached hydrogens (tertiary/aromatic N) is 4. The normalized spacial score (nSPS) is 36.4. The third-order valence-corrected chi connectivity index (χ3v) is 10.2. The highest BCUT2D eigenvalue weighted by molar-refractivity contribution is 8.03. The summed E-state index contributed by atoms with van der Waals surface area (Å²) in [5.74, 6) is -2.10.